The summed E-state index contributed by atoms with van der Waals surface area (Å²) in [5.41, 5.74) is 1.73. The van der Waals surface area contributed by atoms with Crippen LogP contribution in [0.25, 0.3) is 10.9 Å². The zero-order valence-electron chi connectivity index (χ0n) is 15.9. The Labute approximate surface area is 169 Å². The van der Waals surface area contributed by atoms with Gasteiger partial charge >= 0.3 is 0 Å². The minimum Gasteiger partial charge on any atom is -0.356 e. The first-order valence-electron chi connectivity index (χ1n) is 9.64. The van der Waals surface area contributed by atoms with Crippen molar-refractivity contribution in [2.75, 3.05) is 18.0 Å². The van der Waals surface area contributed by atoms with Crippen LogP contribution >= 0.6 is 11.6 Å². The number of benzene rings is 2. The lowest BCUT2D eigenvalue weighted by atomic mass is 9.99. The number of rotatable bonds is 4. The van der Waals surface area contributed by atoms with Crippen molar-refractivity contribution in [3.05, 3.63) is 64.9 Å². The van der Waals surface area contributed by atoms with E-state index in [0.717, 1.165) is 54.1 Å². The summed E-state index contributed by atoms with van der Waals surface area (Å²) in [6, 6.07) is 15.3. The van der Waals surface area contributed by atoms with E-state index in [1.807, 2.05) is 48.5 Å². The smallest absolute Gasteiger partial charge is 0.289 e. The zero-order valence-corrected chi connectivity index (χ0v) is 16.6. The molecule has 2 heterocycles. The molecule has 3 aromatic rings. The van der Waals surface area contributed by atoms with Crippen molar-refractivity contribution in [1.29, 1.82) is 0 Å². The second kappa shape index (κ2) is 8.15. The van der Waals surface area contributed by atoms with Crippen LogP contribution in [0.15, 0.2) is 48.5 Å². The molecule has 0 saturated carbocycles. The lowest BCUT2D eigenvalue weighted by molar-refractivity contribution is 0.0941. The molecule has 5 nitrogen and oxygen atoms in total. The highest BCUT2D eigenvalue weighted by atomic mass is 35.5. The van der Waals surface area contributed by atoms with Gasteiger partial charge in [-0.2, -0.15) is 0 Å². The van der Waals surface area contributed by atoms with Gasteiger partial charge in [0, 0.05) is 30.0 Å². The molecule has 1 aliphatic heterocycles. The normalized spacial score (nSPS) is 15.0. The first kappa shape index (κ1) is 18.7. The van der Waals surface area contributed by atoms with Crippen molar-refractivity contribution in [1.82, 2.24) is 15.3 Å². The molecule has 0 spiro atoms. The number of halogens is 1. The third kappa shape index (κ3) is 4.09. The molecular weight excluding hydrogens is 372 g/mol. The summed E-state index contributed by atoms with van der Waals surface area (Å²) in [5, 5.41) is 4.54. The Hall–Kier alpha value is -2.66. The highest BCUT2D eigenvalue weighted by Gasteiger charge is 2.21. The third-order valence-electron chi connectivity index (χ3n) is 5.21. The van der Waals surface area contributed by atoms with Crippen LogP contribution in [-0.4, -0.2) is 29.0 Å². The Bertz CT molecular complexity index is 999. The van der Waals surface area contributed by atoms with E-state index in [0.29, 0.717) is 11.6 Å². The van der Waals surface area contributed by atoms with E-state index in [9.17, 15) is 4.79 Å². The van der Waals surface area contributed by atoms with E-state index >= 15 is 0 Å². The summed E-state index contributed by atoms with van der Waals surface area (Å²) in [7, 11) is 0. The number of nitrogens with zero attached hydrogens (tertiary/aromatic N) is 3. The van der Waals surface area contributed by atoms with Crippen LogP contribution in [0.3, 0.4) is 0 Å². The van der Waals surface area contributed by atoms with Gasteiger partial charge in [-0.25, -0.2) is 9.97 Å². The van der Waals surface area contributed by atoms with Gasteiger partial charge < -0.3 is 10.2 Å². The average molecular weight is 395 g/mol. The summed E-state index contributed by atoms with van der Waals surface area (Å²) in [4.78, 5) is 24.2. The molecule has 0 unspecified atom stereocenters. The maximum atomic E-state index is 12.7. The van der Waals surface area contributed by atoms with E-state index in [1.54, 1.807) is 0 Å². The number of nitrogens with one attached hydrogen (secondary N) is 1. The molecule has 144 valence electrons. The summed E-state index contributed by atoms with van der Waals surface area (Å²) < 4.78 is 0. The molecule has 28 heavy (non-hydrogen) atoms. The van der Waals surface area contributed by atoms with E-state index in [4.69, 9.17) is 11.6 Å². The standard InChI is InChI=1S/C22H23ClN4O/c1-15-9-11-27(12-10-15)21-18-7-2-3-8-19(18)25-20(26-21)22(28)24-14-16-5-4-6-17(23)13-16/h2-8,13,15H,9-12,14H2,1H3,(H,24,28). The van der Waals surface area contributed by atoms with Gasteiger partial charge in [0.05, 0.1) is 5.52 Å². The van der Waals surface area contributed by atoms with Gasteiger partial charge in [0.2, 0.25) is 5.82 Å². The van der Waals surface area contributed by atoms with E-state index < -0.39 is 0 Å². The fourth-order valence-corrected chi connectivity index (χ4v) is 3.74. The SMILES string of the molecule is CC1CCN(c2nc(C(=O)NCc3cccc(Cl)c3)nc3ccccc23)CC1. The predicted octanol–water partition coefficient (Wildman–Crippen LogP) is 4.45. The fraction of sp³-hybridized carbons (Fsp3) is 0.318. The van der Waals surface area contributed by atoms with Crippen LogP contribution in [0.5, 0.6) is 0 Å². The van der Waals surface area contributed by atoms with Gasteiger partial charge in [-0.1, -0.05) is 42.8 Å². The van der Waals surface area contributed by atoms with E-state index in [1.165, 1.54) is 0 Å². The molecule has 2 aromatic carbocycles. The van der Waals surface area contributed by atoms with Crippen LogP contribution in [0.2, 0.25) is 5.02 Å². The Kier molecular flexibility index (Phi) is 5.44. The molecule has 1 saturated heterocycles. The number of piperidine rings is 1. The highest BCUT2D eigenvalue weighted by Crippen LogP contribution is 2.28. The van der Waals surface area contributed by atoms with Crippen molar-refractivity contribution >= 4 is 34.2 Å². The van der Waals surface area contributed by atoms with Crippen molar-refractivity contribution in [2.24, 2.45) is 5.92 Å². The summed E-state index contributed by atoms with van der Waals surface area (Å²) in [6.45, 7) is 4.56. The number of hydrogen-bond donors (Lipinski definition) is 1. The Morgan fingerprint density at radius 3 is 2.71 bits per heavy atom. The van der Waals surface area contributed by atoms with Gasteiger partial charge in [0.1, 0.15) is 5.82 Å². The largest absolute Gasteiger partial charge is 0.356 e. The van der Waals surface area contributed by atoms with Gasteiger partial charge in [-0.3, -0.25) is 4.79 Å². The molecule has 0 radical (unpaired) electrons. The number of fused-ring (bicyclic) bond motifs is 1. The monoisotopic (exact) mass is 394 g/mol. The maximum absolute atomic E-state index is 12.7. The number of para-hydroxylation sites is 1. The van der Waals surface area contributed by atoms with Crippen LogP contribution < -0.4 is 10.2 Å². The molecule has 0 atom stereocenters. The van der Waals surface area contributed by atoms with Gasteiger partial charge in [-0.05, 0) is 48.6 Å². The minimum absolute atomic E-state index is 0.203. The Balaban J connectivity index is 1.60. The Morgan fingerprint density at radius 2 is 1.93 bits per heavy atom. The topological polar surface area (TPSA) is 58.1 Å². The van der Waals surface area contributed by atoms with Gasteiger partial charge in [0.15, 0.2) is 0 Å². The number of anilines is 1. The molecule has 0 bridgehead atoms. The first-order valence-corrected chi connectivity index (χ1v) is 10.0. The van der Waals surface area contributed by atoms with Crippen LogP contribution in [0.4, 0.5) is 5.82 Å². The molecule has 4 rings (SSSR count). The summed E-state index contributed by atoms with van der Waals surface area (Å²) in [5.74, 6) is 1.50. The molecule has 0 aliphatic carbocycles. The van der Waals surface area contributed by atoms with Crippen LogP contribution in [-0.2, 0) is 6.54 Å². The average Bonchev–Trinajstić information content (AvgIpc) is 2.72. The van der Waals surface area contributed by atoms with E-state index in [-0.39, 0.29) is 11.7 Å². The lowest BCUT2D eigenvalue weighted by Gasteiger charge is -2.32. The minimum atomic E-state index is -0.280. The highest BCUT2D eigenvalue weighted by molar-refractivity contribution is 6.30. The number of carbonyl (C=O) groups is 1. The first-order chi connectivity index (χ1) is 13.6. The summed E-state index contributed by atoms with van der Waals surface area (Å²) in [6.07, 6.45) is 2.27. The molecule has 1 N–H and O–H groups in total. The van der Waals surface area contributed by atoms with Gasteiger partial charge in [0.25, 0.3) is 5.91 Å². The van der Waals surface area contributed by atoms with Crippen LogP contribution in [0, 0.1) is 5.92 Å². The number of carbonyl (C=O) groups excluding carboxylic acids is 1. The van der Waals surface area contributed by atoms with Crippen molar-refractivity contribution in [2.45, 2.75) is 26.3 Å². The lowest BCUT2D eigenvalue weighted by Crippen LogP contribution is -2.34. The number of amides is 1. The second-order valence-corrected chi connectivity index (χ2v) is 7.81. The van der Waals surface area contributed by atoms with Crippen molar-refractivity contribution in [3.8, 4) is 0 Å². The zero-order chi connectivity index (χ0) is 19.5. The fourth-order valence-electron chi connectivity index (χ4n) is 3.53. The van der Waals surface area contributed by atoms with Crippen LogP contribution in [0.1, 0.15) is 35.9 Å². The molecule has 6 heteroatoms. The molecule has 1 amide bonds. The predicted molar refractivity (Wildman–Crippen MR) is 113 cm³/mol. The molecule has 1 aliphatic rings. The van der Waals surface area contributed by atoms with Gasteiger partial charge in [-0.15, -0.1) is 0 Å². The molecule has 1 fully saturated rings. The van der Waals surface area contributed by atoms with Crippen molar-refractivity contribution < 1.29 is 4.79 Å². The second-order valence-electron chi connectivity index (χ2n) is 7.37. The quantitative estimate of drug-likeness (QED) is 0.710. The summed E-state index contributed by atoms with van der Waals surface area (Å²) >= 11 is 6.02. The third-order valence-corrected chi connectivity index (χ3v) is 5.45. The molecular formula is C22H23ClN4O. The Morgan fingerprint density at radius 1 is 1.14 bits per heavy atom. The van der Waals surface area contributed by atoms with Crippen molar-refractivity contribution in [3.63, 3.8) is 0 Å². The van der Waals surface area contributed by atoms with E-state index in [2.05, 4.69) is 27.1 Å². The molecule has 1 aromatic heterocycles. The number of hydrogen-bond acceptors (Lipinski definition) is 4. The maximum Gasteiger partial charge on any atom is 0.289 e. The number of aromatic nitrogens is 2.